The molecule has 0 aromatic heterocycles. The second-order valence-electron chi connectivity index (χ2n) is 7.72. The number of hydrogen-bond donors (Lipinski definition) is 1. The Morgan fingerprint density at radius 3 is 2.61 bits per heavy atom. The van der Waals surface area contributed by atoms with Crippen molar-refractivity contribution >= 4 is 17.4 Å². The summed E-state index contributed by atoms with van der Waals surface area (Å²) < 4.78 is 50.7. The van der Waals surface area contributed by atoms with Gasteiger partial charge in [-0.25, -0.2) is 4.79 Å². The van der Waals surface area contributed by atoms with E-state index in [0.717, 1.165) is 11.6 Å². The van der Waals surface area contributed by atoms with Gasteiger partial charge in [0.1, 0.15) is 5.75 Å². The highest BCUT2D eigenvalue weighted by Gasteiger charge is 2.36. The Hall–Kier alpha value is -3.45. The van der Waals surface area contributed by atoms with Crippen LogP contribution < -0.4 is 15.0 Å². The molecule has 2 amide bonds. The Balaban J connectivity index is 1.80. The number of carbonyl (C=O) groups excluding carboxylic acids is 1. The van der Waals surface area contributed by atoms with E-state index in [-0.39, 0.29) is 25.7 Å². The minimum Gasteiger partial charge on any atom is -0.495 e. The van der Waals surface area contributed by atoms with Gasteiger partial charge in [-0.15, -0.1) is 0 Å². The summed E-state index contributed by atoms with van der Waals surface area (Å²) >= 11 is 0. The van der Waals surface area contributed by atoms with E-state index in [2.05, 4.69) is 5.32 Å². The standard InChI is InChI=1S/C23H25F3N4O3/c1-15-4-7-21(33-3)20(10-15)28-22(31)30-9-8-29(13-18(30)14-32-2)17-6-5-16(12-27)19(11-17)23(24,25)26/h4-7,10-11,18H,8-9,13-14H2,1-3H3,(H,28,31). The van der Waals surface area contributed by atoms with Gasteiger partial charge in [0.25, 0.3) is 0 Å². The maximum absolute atomic E-state index is 13.4. The minimum atomic E-state index is -4.64. The number of nitriles is 1. The molecule has 0 bridgehead atoms. The average Bonchev–Trinajstić information content (AvgIpc) is 2.78. The van der Waals surface area contributed by atoms with E-state index in [1.165, 1.54) is 26.4 Å². The normalized spacial score (nSPS) is 16.3. The van der Waals surface area contributed by atoms with Gasteiger partial charge < -0.3 is 24.6 Å². The van der Waals surface area contributed by atoms with Crippen molar-refractivity contribution in [3.63, 3.8) is 0 Å². The summed E-state index contributed by atoms with van der Waals surface area (Å²) in [5.41, 5.74) is 0.416. The molecule has 1 aliphatic rings. The van der Waals surface area contributed by atoms with Crippen molar-refractivity contribution in [3.05, 3.63) is 53.1 Å². The number of nitrogens with one attached hydrogen (secondary N) is 1. The Kier molecular flexibility index (Phi) is 7.33. The van der Waals surface area contributed by atoms with Gasteiger partial charge in [0, 0.05) is 32.4 Å². The number of piperazine rings is 1. The summed E-state index contributed by atoms with van der Waals surface area (Å²) in [6.07, 6.45) is -4.64. The molecule has 33 heavy (non-hydrogen) atoms. The smallest absolute Gasteiger partial charge is 0.417 e. The van der Waals surface area contributed by atoms with Gasteiger partial charge in [0.15, 0.2) is 0 Å². The van der Waals surface area contributed by atoms with E-state index < -0.39 is 23.3 Å². The molecule has 1 saturated heterocycles. The molecule has 7 nitrogen and oxygen atoms in total. The van der Waals surface area contributed by atoms with Crippen LogP contribution in [-0.4, -0.2) is 57.4 Å². The van der Waals surface area contributed by atoms with Crippen LogP contribution in [0, 0.1) is 18.3 Å². The van der Waals surface area contributed by atoms with Crippen LogP contribution in [0.5, 0.6) is 5.75 Å². The molecule has 2 aromatic carbocycles. The first-order valence-corrected chi connectivity index (χ1v) is 10.3. The summed E-state index contributed by atoms with van der Waals surface area (Å²) in [5.74, 6) is 0.521. The summed E-state index contributed by atoms with van der Waals surface area (Å²) in [6, 6.07) is 9.92. The minimum absolute atomic E-state index is 0.206. The van der Waals surface area contributed by atoms with Gasteiger partial charge in [-0.2, -0.15) is 18.4 Å². The molecule has 176 valence electrons. The zero-order valence-corrected chi connectivity index (χ0v) is 18.6. The number of benzene rings is 2. The van der Waals surface area contributed by atoms with Crippen LogP contribution in [-0.2, 0) is 10.9 Å². The molecule has 2 aromatic rings. The van der Waals surface area contributed by atoms with Gasteiger partial charge in [-0.1, -0.05) is 6.07 Å². The topological polar surface area (TPSA) is 77.8 Å². The fraction of sp³-hybridized carbons (Fsp3) is 0.391. The lowest BCUT2D eigenvalue weighted by Crippen LogP contribution is -2.58. The molecule has 3 rings (SSSR count). The molecule has 0 aliphatic carbocycles. The number of urea groups is 1. The monoisotopic (exact) mass is 462 g/mol. The number of alkyl halides is 3. The summed E-state index contributed by atoms with van der Waals surface area (Å²) in [5, 5.41) is 11.9. The molecule has 1 fully saturated rings. The highest BCUT2D eigenvalue weighted by molar-refractivity contribution is 5.91. The van der Waals surface area contributed by atoms with Crippen molar-refractivity contribution in [2.45, 2.75) is 19.1 Å². The van der Waals surface area contributed by atoms with Crippen LogP contribution >= 0.6 is 0 Å². The number of amides is 2. The molecule has 1 N–H and O–H groups in total. The number of aryl methyl sites for hydroxylation is 1. The number of methoxy groups -OCH3 is 2. The van der Waals surface area contributed by atoms with Crippen molar-refractivity contribution < 1.29 is 27.4 Å². The molecular weight excluding hydrogens is 437 g/mol. The van der Waals surface area contributed by atoms with Gasteiger partial charge in [-0.05, 0) is 42.8 Å². The third kappa shape index (κ3) is 5.49. The first-order chi connectivity index (χ1) is 15.7. The van der Waals surface area contributed by atoms with Crippen molar-refractivity contribution in [3.8, 4) is 11.8 Å². The lowest BCUT2D eigenvalue weighted by atomic mass is 10.1. The Bertz CT molecular complexity index is 1050. The van der Waals surface area contributed by atoms with E-state index in [4.69, 9.17) is 14.7 Å². The molecule has 0 radical (unpaired) electrons. The second kappa shape index (κ2) is 10.0. The van der Waals surface area contributed by atoms with Gasteiger partial charge in [0.2, 0.25) is 0 Å². The van der Waals surface area contributed by atoms with Crippen molar-refractivity contribution in [1.29, 1.82) is 5.26 Å². The van der Waals surface area contributed by atoms with E-state index >= 15 is 0 Å². The zero-order valence-electron chi connectivity index (χ0n) is 18.6. The summed E-state index contributed by atoms with van der Waals surface area (Å²) in [7, 11) is 3.02. The number of hydrogen-bond acceptors (Lipinski definition) is 5. The predicted octanol–water partition coefficient (Wildman–Crippen LogP) is 4.26. The second-order valence-corrected chi connectivity index (χ2v) is 7.72. The van der Waals surface area contributed by atoms with Crippen LogP contribution in [0.2, 0.25) is 0 Å². The Labute approximate surface area is 190 Å². The SMILES string of the molecule is COCC1CN(c2ccc(C#N)c(C(F)(F)F)c2)CCN1C(=O)Nc1cc(C)ccc1OC. The third-order valence-corrected chi connectivity index (χ3v) is 5.49. The highest BCUT2D eigenvalue weighted by Crippen LogP contribution is 2.35. The first kappa shape index (κ1) is 24.2. The fourth-order valence-electron chi connectivity index (χ4n) is 3.86. The molecular formula is C23H25F3N4O3. The number of ether oxygens (including phenoxy) is 2. The molecule has 1 unspecified atom stereocenters. The van der Waals surface area contributed by atoms with Crippen molar-refractivity contribution in [1.82, 2.24) is 4.90 Å². The number of halogens is 3. The molecule has 10 heteroatoms. The predicted molar refractivity (Wildman–Crippen MR) is 117 cm³/mol. The molecule has 1 aliphatic heterocycles. The lowest BCUT2D eigenvalue weighted by Gasteiger charge is -2.42. The van der Waals surface area contributed by atoms with Crippen molar-refractivity contribution in [2.75, 3.05) is 50.7 Å². The zero-order chi connectivity index (χ0) is 24.2. The Morgan fingerprint density at radius 2 is 1.97 bits per heavy atom. The van der Waals surface area contributed by atoms with Crippen molar-refractivity contribution in [2.24, 2.45) is 0 Å². The summed E-state index contributed by atoms with van der Waals surface area (Å²) in [4.78, 5) is 16.4. The quantitative estimate of drug-likeness (QED) is 0.719. The maximum Gasteiger partial charge on any atom is 0.417 e. The number of anilines is 2. The fourth-order valence-corrected chi connectivity index (χ4v) is 3.86. The average molecular weight is 462 g/mol. The van der Waals surface area contributed by atoms with Crippen LogP contribution in [0.3, 0.4) is 0 Å². The molecule has 0 saturated carbocycles. The largest absolute Gasteiger partial charge is 0.495 e. The van der Waals surface area contributed by atoms with Gasteiger partial charge in [-0.3, -0.25) is 0 Å². The van der Waals surface area contributed by atoms with Gasteiger partial charge in [0.05, 0.1) is 42.6 Å². The van der Waals surface area contributed by atoms with Crippen LogP contribution in [0.15, 0.2) is 36.4 Å². The van der Waals surface area contributed by atoms with E-state index in [1.807, 2.05) is 13.0 Å². The number of nitrogens with zero attached hydrogens (tertiary/aromatic N) is 3. The summed E-state index contributed by atoms with van der Waals surface area (Å²) in [6.45, 7) is 2.97. The van der Waals surface area contributed by atoms with E-state index in [9.17, 15) is 18.0 Å². The highest BCUT2D eigenvalue weighted by atomic mass is 19.4. The van der Waals surface area contributed by atoms with E-state index in [1.54, 1.807) is 28.0 Å². The van der Waals surface area contributed by atoms with Crippen LogP contribution in [0.25, 0.3) is 0 Å². The number of rotatable bonds is 5. The Morgan fingerprint density at radius 1 is 1.21 bits per heavy atom. The third-order valence-electron chi connectivity index (χ3n) is 5.49. The van der Waals surface area contributed by atoms with Crippen LogP contribution in [0.4, 0.5) is 29.3 Å². The lowest BCUT2D eigenvalue weighted by molar-refractivity contribution is -0.137. The molecule has 1 atom stereocenters. The van der Waals surface area contributed by atoms with Crippen LogP contribution in [0.1, 0.15) is 16.7 Å². The number of carbonyl (C=O) groups is 1. The maximum atomic E-state index is 13.4. The molecule has 1 heterocycles. The molecule has 0 spiro atoms. The first-order valence-electron chi connectivity index (χ1n) is 10.3. The van der Waals surface area contributed by atoms with E-state index in [0.29, 0.717) is 23.7 Å². The van der Waals surface area contributed by atoms with Gasteiger partial charge >= 0.3 is 12.2 Å².